The molecule has 0 radical (unpaired) electrons. The second-order valence-corrected chi connectivity index (χ2v) is 8.59. The van der Waals surface area contributed by atoms with Gasteiger partial charge in [0.05, 0.1) is 13.2 Å². The summed E-state index contributed by atoms with van der Waals surface area (Å²) in [7, 11) is 0. The van der Waals surface area contributed by atoms with E-state index in [9.17, 15) is 9.90 Å². The standard InChI is InChI=1S/C24H29N3O2S/c1-18(2)21(17-28)27(15-19-9-5-3-6-10-19)16-22(29)26-23(24-25-13-14-30-24)20-11-7-4-8-12-20/h3-14,18,21,23,28H,15-17H2,1-2H3,(H,26,29). The molecule has 3 rings (SSSR count). The van der Waals surface area contributed by atoms with Crippen LogP contribution in [0.2, 0.25) is 0 Å². The molecule has 3 aromatic rings. The summed E-state index contributed by atoms with van der Waals surface area (Å²) >= 11 is 1.53. The highest BCUT2D eigenvalue weighted by Crippen LogP contribution is 2.24. The zero-order chi connectivity index (χ0) is 21.3. The fraction of sp³-hybridized carbons (Fsp3) is 0.333. The first kappa shape index (κ1) is 22.2. The average molecular weight is 424 g/mol. The van der Waals surface area contributed by atoms with Gasteiger partial charge >= 0.3 is 0 Å². The summed E-state index contributed by atoms with van der Waals surface area (Å²) in [5.74, 6) is 0.129. The molecule has 2 unspecified atom stereocenters. The monoisotopic (exact) mass is 423 g/mol. The molecule has 158 valence electrons. The average Bonchev–Trinajstić information content (AvgIpc) is 3.28. The molecule has 5 nitrogen and oxygen atoms in total. The Kier molecular flexibility index (Phi) is 8.13. The Balaban J connectivity index is 1.78. The maximum Gasteiger partial charge on any atom is 0.235 e. The van der Waals surface area contributed by atoms with Gasteiger partial charge in [-0.1, -0.05) is 74.5 Å². The van der Waals surface area contributed by atoms with E-state index in [4.69, 9.17) is 0 Å². The van der Waals surface area contributed by atoms with E-state index < -0.39 is 0 Å². The van der Waals surface area contributed by atoms with Crippen molar-refractivity contribution in [3.63, 3.8) is 0 Å². The Morgan fingerprint density at radius 3 is 2.33 bits per heavy atom. The molecule has 0 bridgehead atoms. The van der Waals surface area contributed by atoms with Crippen LogP contribution in [0, 0.1) is 5.92 Å². The lowest BCUT2D eigenvalue weighted by Gasteiger charge is -2.33. The first-order valence-corrected chi connectivity index (χ1v) is 11.1. The lowest BCUT2D eigenvalue weighted by atomic mass is 10.0. The minimum absolute atomic E-state index is 0.00632. The summed E-state index contributed by atoms with van der Waals surface area (Å²) in [6.45, 7) is 4.95. The molecule has 1 amide bonds. The van der Waals surface area contributed by atoms with Crippen molar-refractivity contribution in [3.05, 3.63) is 88.4 Å². The van der Waals surface area contributed by atoms with Gasteiger partial charge in [-0.15, -0.1) is 11.3 Å². The summed E-state index contributed by atoms with van der Waals surface area (Å²) in [6, 6.07) is 19.5. The molecule has 0 aliphatic carbocycles. The largest absolute Gasteiger partial charge is 0.395 e. The number of aromatic nitrogens is 1. The van der Waals surface area contributed by atoms with Crippen LogP contribution in [0.3, 0.4) is 0 Å². The molecule has 0 saturated heterocycles. The minimum atomic E-state index is -0.288. The smallest absolute Gasteiger partial charge is 0.235 e. The molecule has 0 fully saturated rings. The summed E-state index contributed by atoms with van der Waals surface area (Å²) in [5.41, 5.74) is 2.11. The van der Waals surface area contributed by atoms with Gasteiger partial charge < -0.3 is 10.4 Å². The number of amides is 1. The van der Waals surface area contributed by atoms with E-state index >= 15 is 0 Å². The molecule has 2 atom stereocenters. The Morgan fingerprint density at radius 1 is 1.10 bits per heavy atom. The van der Waals surface area contributed by atoms with Gasteiger partial charge in [-0.05, 0) is 17.0 Å². The van der Waals surface area contributed by atoms with Crippen molar-refractivity contribution in [1.82, 2.24) is 15.2 Å². The van der Waals surface area contributed by atoms with Crippen molar-refractivity contribution in [2.75, 3.05) is 13.2 Å². The third kappa shape index (κ3) is 5.98. The third-order valence-corrected chi connectivity index (χ3v) is 5.98. The van der Waals surface area contributed by atoms with Gasteiger partial charge in [-0.2, -0.15) is 0 Å². The first-order valence-electron chi connectivity index (χ1n) is 10.2. The molecular weight excluding hydrogens is 394 g/mol. The maximum absolute atomic E-state index is 13.1. The van der Waals surface area contributed by atoms with Gasteiger partial charge in [0.2, 0.25) is 5.91 Å². The van der Waals surface area contributed by atoms with Gasteiger partial charge in [0.1, 0.15) is 11.0 Å². The maximum atomic E-state index is 13.1. The van der Waals surface area contributed by atoms with Crippen LogP contribution in [-0.2, 0) is 11.3 Å². The van der Waals surface area contributed by atoms with Crippen LogP contribution in [0.4, 0.5) is 0 Å². The Labute approximate surface area is 182 Å². The van der Waals surface area contributed by atoms with Crippen molar-refractivity contribution in [2.24, 2.45) is 5.92 Å². The molecule has 1 heterocycles. The van der Waals surface area contributed by atoms with Crippen LogP contribution in [0.1, 0.15) is 36.0 Å². The van der Waals surface area contributed by atoms with Crippen LogP contribution in [0.25, 0.3) is 0 Å². The molecule has 0 spiro atoms. The molecule has 30 heavy (non-hydrogen) atoms. The topological polar surface area (TPSA) is 65.5 Å². The first-order chi connectivity index (χ1) is 14.6. The van der Waals surface area contributed by atoms with Crippen molar-refractivity contribution in [1.29, 1.82) is 0 Å². The summed E-state index contributed by atoms with van der Waals surface area (Å²) in [4.78, 5) is 19.6. The van der Waals surface area contributed by atoms with Gasteiger partial charge in [0, 0.05) is 24.2 Å². The minimum Gasteiger partial charge on any atom is -0.395 e. The molecule has 1 aromatic heterocycles. The molecule has 0 aliphatic heterocycles. The molecule has 0 saturated carbocycles. The number of carbonyl (C=O) groups is 1. The molecule has 6 heteroatoms. The van der Waals surface area contributed by atoms with E-state index in [1.54, 1.807) is 6.20 Å². The Bertz CT molecular complexity index is 885. The number of nitrogens with zero attached hydrogens (tertiary/aromatic N) is 2. The van der Waals surface area contributed by atoms with Crippen molar-refractivity contribution in [2.45, 2.75) is 32.5 Å². The van der Waals surface area contributed by atoms with Crippen molar-refractivity contribution < 1.29 is 9.90 Å². The quantitative estimate of drug-likeness (QED) is 0.520. The highest BCUT2D eigenvalue weighted by Gasteiger charge is 2.26. The number of aliphatic hydroxyl groups excluding tert-OH is 1. The van der Waals surface area contributed by atoms with E-state index in [-0.39, 0.29) is 37.1 Å². The second kappa shape index (κ2) is 11.0. The normalized spacial score (nSPS) is 13.4. The molecule has 2 aromatic carbocycles. The molecule has 2 N–H and O–H groups in total. The fourth-order valence-electron chi connectivity index (χ4n) is 3.56. The van der Waals surface area contributed by atoms with E-state index in [1.165, 1.54) is 11.3 Å². The highest BCUT2D eigenvalue weighted by molar-refractivity contribution is 7.09. The Morgan fingerprint density at radius 2 is 1.77 bits per heavy atom. The number of benzene rings is 2. The predicted molar refractivity (Wildman–Crippen MR) is 121 cm³/mol. The number of thiazole rings is 1. The lowest BCUT2D eigenvalue weighted by molar-refractivity contribution is -0.124. The van der Waals surface area contributed by atoms with E-state index in [0.717, 1.165) is 16.1 Å². The van der Waals surface area contributed by atoms with Crippen LogP contribution >= 0.6 is 11.3 Å². The summed E-state index contributed by atoms with van der Waals surface area (Å²) < 4.78 is 0. The lowest BCUT2D eigenvalue weighted by Crippen LogP contribution is -2.47. The molecular formula is C24H29N3O2S. The van der Waals surface area contributed by atoms with E-state index in [0.29, 0.717) is 6.54 Å². The highest BCUT2D eigenvalue weighted by atomic mass is 32.1. The number of hydrogen-bond donors (Lipinski definition) is 2. The number of aliphatic hydroxyl groups is 1. The predicted octanol–water partition coefficient (Wildman–Crippen LogP) is 3.87. The second-order valence-electron chi connectivity index (χ2n) is 7.67. The number of hydrogen-bond acceptors (Lipinski definition) is 5. The van der Waals surface area contributed by atoms with Crippen LogP contribution in [0.15, 0.2) is 72.2 Å². The van der Waals surface area contributed by atoms with Crippen molar-refractivity contribution in [3.8, 4) is 0 Å². The third-order valence-electron chi connectivity index (χ3n) is 5.14. The van der Waals surface area contributed by atoms with Gasteiger partial charge in [-0.3, -0.25) is 9.69 Å². The van der Waals surface area contributed by atoms with E-state index in [1.807, 2.05) is 66.0 Å². The van der Waals surface area contributed by atoms with Crippen LogP contribution in [-0.4, -0.2) is 40.1 Å². The molecule has 0 aliphatic rings. The van der Waals surface area contributed by atoms with Gasteiger partial charge in [0.15, 0.2) is 0 Å². The number of nitrogens with one attached hydrogen (secondary N) is 1. The zero-order valence-electron chi connectivity index (χ0n) is 17.4. The number of rotatable bonds is 10. The zero-order valence-corrected chi connectivity index (χ0v) is 18.3. The van der Waals surface area contributed by atoms with Crippen LogP contribution in [0.5, 0.6) is 0 Å². The number of carbonyl (C=O) groups excluding carboxylic acids is 1. The summed E-state index contributed by atoms with van der Waals surface area (Å²) in [6.07, 6.45) is 1.75. The van der Waals surface area contributed by atoms with E-state index in [2.05, 4.69) is 29.0 Å². The van der Waals surface area contributed by atoms with Crippen molar-refractivity contribution >= 4 is 17.2 Å². The van der Waals surface area contributed by atoms with Gasteiger partial charge in [0.25, 0.3) is 0 Å². The Hall–Kier alpha value is -2.54. The van der Waals surface area contributed by atoms with Gasteiger partial charge in [-0.25, -0.2) is 4.98 Å². The SMILES string of the molecule is CC(C)C(CO)N(CC(=O)NC(c1ccccc1)c1nccs1)Cc1ccccc1. The summed E-state index contributed by atoms with van der Waals surface area (Å²) in [5, 5.41) is 15.9. The van der Waals surface area contributed by atoms with Crippen LogP contribution < -0.4 is 5.32 Å². The fourth-order valence-corrected chi connectivity index (χ4v) is 4.27.